The maximum absolute atomic E-state index is 6.18. The molecule has 1 unspecified atom stereocenters. The van der Waals surface area contributed by atoms with E-state index in [0.29, 0.717) is 12.5 Å². The second-order valence-corrected chi connectivity index (χ2v) is 5.17. The summed E-state index contributed by atoms with van der Waals surface area (Å²) in [5.74, 6) is 0.455. The van der Waals surface area contributed by atoms with Crippen LogP contribution in [0.3, 0.4) is 0 Å². The maximum atomic E-state index is 6.18. The molecule has 0 radical (unpaired) electrons. The van der Waals surface area contributed by atoms with Crippen LogP contribution in [-0.2, 0) is 6.42 Å². The lowest BCUT2D eigenvalue weighted by molar-refractivity contribution is 0.318. The lowest BCUT2D eigenvalue weighted by Crippen LogP contribution is -2.24. The van der Waals surface area contributed by atoms with Crippen molar-refractivity contribution in [2.45, 2.75) is 26.2 Å². The fourth-order valence-corrected chi connectivity index (χ4v) is 2.78. The predicted molar refractivity (Wildman–Crippen MR) is 60.7 cm³/mol. The highest BCUT2D eigenvalue weighted by Crippen LogP contribution is 2.48. The molecule has 0 bridgehead atoms. The van der Waals surface area contributed by atoms with E-state index < -0.39 is 0 Å². The SMILES string of the molecule is CC1(C)Cc2c(Cl)cccc2C1CN. The normalized spacial score (nSPS) is 23.6. The van der Waals surface area contributed by atoms with Crippen LogP contribution in [0.15, 0.2) is 18.2 Å². The first-order valence-corrected chi connectivity index (χ1v) is 5.41. The standard InChI is InChI=1S/C12H16ClN/c1-12(2)6-9-8(10(12)7-14)4-3-5-11(9)13/h3-5,10H,6-7,14H2,1-2H3. The van der Waals surface area contributed by atoms with Crippen molar-refractivity contribution in [1.29, 1.82) is 0 Å². The van der Waals surface area contributed by atoms with E-state index in [1.165, 1.54) is 11.1 Å². The van der Waals surface area contributed by atoms with Crippen LogP contribution < -0.4 is 5.73 Å². The van der Waals surface area contributed by atoms with E-state index in [1.54, 1.807) is 0 Å². The Hall–Kier alpha value is -0.530. The summed E-state index contributed by atoms with van der Waals surface area (Å²) in [6.45, 7) is 5.24. The zero-order valence-electron chi connectivity index (χ0n) is 8.68. The van der Waals surface area contributed by atoms with Crippen molar-refractivity contribution in [2.24, 2.45) is 11.1 Å². The van der Waals surface area contributed by atoms with E-state index in [1.807, 2.05) is 12.1 Å². The highest BCUT2D eigenvalue weighted by atomic mass is 35.5. The molecule has 1 atom stereocenters. The summed E-state index contributed by atoms with van der Waals surface area (Å²) < 4.78 is 0. The number of hydrogen-bond donors (Lipinski definition) is 1. The topological polar surface area (TPSA) is 26.0 Å². The molecule has 1 nitrogen and oxygen atoms in total. The van der Waals surface area contributed by atoms with E-state index in [-0.39, 0.29) is 5.41 Å². The third-order valence-corrected chi connectivity index (χ3v) is 3.70. The van der Waals surface area contributed by atoms with Crippen molar-refractivity contribution < 1.29 is 0 Å². The van der Waals surface area contributed by atoms with Gasteiger partial charge in [0.25, 0.3) is 0 Å². The average molecular weight is 210 g/mol. The van der Waals surface area contributed by atoms with E-state index in [0.717, 1.165) is 11.4 Å². The molecule has 0 aromatic heterocycles. The van der Waals surface area contributed by atoms with Crippen LogP contribution in [0.4, 0.5) is 0 Å². The van der Waals surface area contributed by atoms with Crippen molar-refractivity contribution >= 4 is 11.6 Å². The molecule has 2 heteroatoms. The molecule has 0 saturated carbocycles. The summed E-state index contributed by atoms with van der Waals surface area (Å²) in [6, 6.07) is 6.15. The number of rotatable bonds is 1. The molecule has 76 valence electrons. The number of fused-ring (bicyclic) bond motifs is 1. The van der Waals surface area contributed by atoms with Crippen molar-refractivity contribution in [3.05, 3.63) is 34.3 Å². The van der Waals surface area contributed by atoms with Crippen LogP contribution in [0.1, 0.15) is 30.9 Å². The van der Waals surface area contributed by atoms with Gasteiger partial charge in [-0.1, -0.05) is 37.6 Å². The average Bonchev–Trinajstić information content (AvgIpc) is 2.37. The molecule has 0 saturated heterocycles. The van der Waals surface area contributed by atoms with Gasteiger partial charge in [0.1, 0.15) is 0 Å². The minimum Gasteiger partial charge on any atom is -0.330 e. The first kappa shape index (κ1) is 10.0. The molecule has 1 aromatic carbocycles. The second-order valence-electron chi connectivity index (χ2n) is 4.76. The molecule has 14 heavy (non-hydrogen) atoms. The zero-order valence-corrected chi connectivity index (χ0v) is 9.43. The predicted octanol–water partition coefficient (Wildman–Crippen LogP) is 2.96. The van der Waals surface area contributed by atoms with E-state index in [4.69, 9.17) is 17.3 Å². The molecule has 2 rings (SSSR count). The van der Waals surface area contributed by atoms with Gasteiger partial charge in [0.05, 0.1) is 0 Å². The summed E-state index contributed by atoms with van der Waals surface area (Å²) in [5, 5.41) is 0.895. The molecule has 0 fully saturated rings. The molecule has 1 aliphatic rings. The Morgan fingerprint density at radius 2 is 2.21 bits per heavy atom. The number of hydrogen-bond acceptors (Lipinski definition) is 1. The van der Waals surface area contributed by atoms with Gasteiger partial charge >= 0.3 is 0 Å². The monoisotopic (exact) mass is 209 g/mol. The maximum Gasteiger partial charge on any atom is 0.0441 e. The molecular formula is C12H16ClN. The van der Waals surface area contributed by atoms with Crippen LogP contribution in [0.25, 0.3) is 0 Å². The lowest BCUT2D eigenvalue weighted by atomic mass is 9.80. The Bertz CT molecular complexity index is 357. The summed E-state index contributed by atoms with van der Waals surface area (Å²) in [6.07, 6.45) is 1.05. The van der Waals surface area contributed by atoms with E-state index in [2.05, 4.69) is 19.9 Å². The zero-order chi connectivity index (χ0) is 10.3. The molecule has 0 spiro atoms. The summed E-state index contributed by atoms with van der Waals surface area (Å²) >= 11 is 6.18. The quantitative estimate of drug-likeness (QED) is 0.756. The van der Waals surface area contributed by atoms with Crippen LogP contribution in [0, 0.1) is 5.41 Å². The fraction of sp³-hybridized carbons (Fsp3) is 0.500. The number of halogens is 1. The Morgan fingerprint density at radius 3 is 2.86 bits per heavy atom. The Morgan fingerprint density at radius 1 is 1.50 bits per heavy atom. The van der Waals surface area contributed by atoms with Crippen molar-refractivity contribution in [2.75, 3.05) is 6.54 Å². The first-order valence-electron chi connectivity index (χ1n) is 5.03. The largest absolute Gasteiger partial charge is 0.330 e. The van der Waals surface area contributed by atoms with Crippen LogP contribution in [0.5, 0.6) is 0 Å². The Balaban J connectivity index is 2.53. The van der Waals surface area contributed by atoms with Gasteiger partial charge in [-0.3, -0.25) is 0 Å². The van der Waals surface area contributed by atoms with Crippen molar-refractivity contribution in [3.8, 4) is 0 Å². The molecule has 1 aliphatic carbocycles. The fourth-order valence-electron chi connectivity index (χ4n) is 2.53. The molecular weight excluding hydrogens is 194 g/mol. The second kappa shape index (κ2) is 3.25. The minimum absolute atomic E-state index is 0.252. The van der Waals surface area contributed by atoms with Crippen LogP contribution in [0.2, 0.25) is 5.02 Å². The Labute approximate surface area is 90.3 Å². The van der Waals surface area contributed by atoms with Gasteiger partial charge in [0.2, 0.25) is 0 Å². The van der Waals surface area contributed by atoms with Gasteiger partial charge in [-0.25, -0.2) is 0 Å². The molecule has 0 amide bonds. The van der Waals surface area contributed by atoms with Crippen molar-refractivity contribution in [1.82, 2.24) is 0 Å². The van der Waals surface area contributed by atoms with Crippen molar-refractivity contribution in [3.63, 3.8) is 0 Å². The van der Waals surface area contributed by atoms with Gasteiger partial charge in [0.15, 0.2) is 0 Å². The van der Waals surface area contributed by atoms with Gasteiger partial charge in [-0.15, -0.1) is 0 Å². The van der Waals surface area contributed by atoms with Gasteiger partial charge in [0, 0.05) is 10.9 Å². The molecule has 0 heterocycles. The number of benzene rings is 1. The van der Waals surface area contributed by atoms with Gasteiger partial charge in [-0.05, 0) is 35.6 Å². The Kier molecular flexibility index (Phi) is 2.32. The first-order chi connectivity index (χ1) is 6.56. The van der Waals surface area contributed by atoms with E-state index in [9.17, 15) is 0 Å². The van der Waals surface area contributed by atoms with Crippen LogP contribution in [-0.4, -0.2) is 6.54 Å². The lowest BCUT2D eigenvalue weighted by Gasteiger charge is -2.26. The summed E-state index contributed by atoms with van der Waals surface area (Å²) in [4.78, 5) is 0. The molecule has 2 N–H and O–H groups in total. The molecule has 1 aromatic rings. The highest BCUT2D eigenvalue weighted by molar-refractivity contribution is 6.31. The minimum atomic E-state index is 0.252. The molecule has 0 aliphatic heterocycles. The van der Waals surface area contributed by atoms with Gasteiger partial charge in [-0.2, -0.15) is 0 Å². The third-order valence-electron chi connectivity index (χ3n) is 3.34. The van der Waals surface area contributed by atoms with Gasteiger partial charge < -0.3 is 5.73 Å². The smallest absolute Gasteiger partial charge is 0.0441 e. The highest BCUT2D eigenvalue weighted by Gasteiger charge is 2.38. The number of nitrogens with two attached hydrogens (primary N) is 1. The van der Waals surface area contributed by atoms with Crippen LogP contribution >= 0.6 is 11.6 Å². The summed E-state index contributed by atoms with van der Waals surface area (Å²) in [7, 11) is 0. The van der Waals surface area contributed by atoms with E-state index >= 15 is 0 Å². The summed E-state index contributed by atoms with van der Waals surface area (Å²) in [5.41, 5.74) is 8.74. The third kappa shape index (κ3) is 1.35.